The van der Waals surface area contributed by atoms with Crippen molar-refractivity contribution in [3.05, 3.63) is 35.9 Å². The summed E-state index contributed by atoms with van der Waals surface area (Å²) in [4.78, 5) is 12.0. The zero-order chi connectivity index (χ0) is 13.9. The zero-order valence-electron chi connectivity index (χ0n) is 11.6. The van der Waals surface area contributed by atoms with Gasteiger partial charge in [0, 0.05) is 11.8 Å². The molecule has 3 aliphatic rings. The third kappa shape index (κ3) is 1.79. The first-order valence-corrected chi connectivity index (χ1v) is 7.14. The Bertz CT molecular complexity index is 539. The predicted molar refractivity (Wildman–Crippen MR) is 70.9 cm³/mol. The number of rotatable bonds is 2. The topological polar surface area (TPSA) is 44.8 Å². The van der Waals surface area contributed by atoms with Crippen LogP contribution >= 0.6 is 0 Å². The minimum absolute atomic E-state index is 0.00899. The van der Waals surface area contributed by atoms with E-state index >= 15 is 0 Å². The molecule has 20 heavy (non-hydrogen) atoms. The molecule has 2 heterocycles. The van der Waals surface area contributed by atoms with Crippen LogP contribution in [0.15, 0.2) is 30.3 Å². The fourth-order valence-electron chi connectivity index (χ4n) is 3.64. The summed E-state index contributed by atoms with van der Waals surface area (Å²) >= 11 is 0. The van der Waals surface area contributed by atoms with Crippen LogP contribution in [0.4, 0.5) is 0 Å². The van der Waals surface area contributed by atoms with Gasteiger partial charge in [-0.15, -0.1) is 0 Å². The minimum atomic E-state index is -0.577. The molecule has 0 aromatic heterocycles. The molecular weight excluding hydrogens is 256 g/mol. The maximum Gasteiger partial charge on any atom is 0.310 e. The van der Waals surface area contributed by atoms with Crippen LogP contribution < -0.4 is 0 Å². The third-order valence-corrected chi connectivity index (χ3v) is 4.56. The number of carbonyl (C=O) groups is 1. The van der Waals surface area contributed by atoms with E-state index in [1.54, 1.807) is 0 Å². The Labute approximate surface area is 118 Å². The molecule has 5 atom stereocenters. The van der Waals surface area contributed by atoms with E-state index in [0.717, 1.165) is 0 Å². The van der Waals surface area contributed by atoms with E-state index in [9.17, 15) is 4.79 Å². The highest BCUT2D eigenvalue weighted by molar-refractivity contribution is 5.81. The third-order valence-electron chi connectivity index (χ3n) is 4.56. The summed E-state index contributed by atoms with van der Waals surface area (Å²) in [5, 5.41) is 0. The standard InChI is InChI=1S/C16H18O4/c1-16(2)18-8-10(20-16)14-12-11(13(12)15(17)19-14)9-6-4-3-5-7-9/h3-7,10-14H,8H2,1-2H3/t10-,11+,12-,13+,14-/m1/s1. The summed E-state index contributed by atoms with van der Waals surface area (Å²) in [5.74, 6) is -0.120. The Kier molecular flexibility index (Phi) is 2.51. The van der Waals surface area contributed by atoms with Crippen LogP contribution in [-0.2, 0) is 19.0 Å². The fraction of sp³-hybridized carbons (Fsp3) is 0.562. The molecule has 0 spiro atoms. The molecule has 0 amide bonds. The number of benzene rings is 1. The van der Waals surface area contributed by atoms with Crippen molar-refractivity contribution in [2.75, 3.05) is 6.61 Å². The van der Waals surface area contributed by atoms with Gasteiger partial charge in [-0.2, -0.15) is 0 Å². The minimum Gasteiger partial charge on any atom is -0.459 e. The molecule has 4 heteroatoms. The first kappa shape index (κ1) is 12.4. The number of hydrogen-bond acceptors (Lipinski definition) is 4. The molecule has 3 fully saturated rings. The second kappa shape index (κ2) is 4.06. The van der Waals surface area contributed by atoms with E-state index in [0.29, 0.717) is 6.61 Å². The highest BCUT2D eigenvalue weighted by atomic mass is 16.8. The maximum atomic E-state index is 12.0. The smallest absolute Gasteiger partial charge is 0.310 e. The Hall–Kier alpha value is -1.39. The molecule has 2 saturated heterocycles. The van der Waals surface area contributed by atoms with E-state index in [2.05, 4.69) is 12.1 Å². The van der Waals surface area contributed by atoms with E-state index < -0.39 is 5.79 Å². The van der Waals surface area contributed by atoms with Gasteiger partial charge in [0.1, 0.15) is 12.2 Å². The molecular formula is C16H18O4. The first-order chi connectivity index (χ1) is 9.57. The average Bonchev–Trinajstić information content (AvgIpc) is 2.94. The molecule has 1 aromatic rings. The normalized spacial score (nSPS) is 41.3. The monoisotopic (exact) mass is 274 g/mol. The van der Waals surface area contributed by atoms with Crippen molar-refractivity contribution in [2.45, 2.75) is 37.8 Å². The van der Waals surface area contributed by atoms with Gasteiger partial charge >= 0.3 is 5.97 Å². The summed E-state index contributed by atoms with van der Waals surface area (Å²) in [6, 6.07) is 10.2. The SMILES string of the molecule is CC1(C)OC[C@H]([C@H]2OC(=O)[C@H]3[C@@H](c4ccccc4)[C@@H]23)O1. The number of carbonyl (C=O) groups excluding carboxylic acids is 1. The Morgan fingerprint density at radius 2 is 1.90 bits per heavy atom. The van der Waals surface area contributed by atoms with Gasteiger partial charge in [-0.05, 0) is 19.4 Å². The van der Waals surface area contributed by atoms with Gasteiger partial charge in [-0.3, -0.25) is 4.79 Å². The molecule has 2 aliphatic heterocycles. The van der Waals surface area contributed by atoms with Crippen molar-refractivity contribution >= 4 is 5.97 Å². The van der Waals surface area contributed by atoms with E-state index in [4.69, 9.17) is 14.2 Å². The summed E-state index contributed by atoms with van der Waals surface area (Å²) in [6.45, 7) is 4.28. The molecule has 1 aliphatic carbocycles. The van der Waals surface area contributed by atoms with Crippen LogP contribution in [0.2, 0.25) is 0 Å². The van der Waals surface area contributed by atoms with Gasteiger partial charge in [-0.25, -0.2) is 0 Å². The van der Waals surface area contributed by atoms with Gasteiger partial charge in [0.25, 0.3) is 0 Å². The Morgan fingerprint density at radius 1 is 1.15 bits per heavy atom. The number of ether oxygens (including phenoxy) is 3. The lowest BCUT2D eigenvalue weighted by Gasteiger charge is -2.22. The first-order valence-electron chi connectivity index (χ1n) is 7.14. The summed E-state index contributed by atoms with van der Waals surface area (Å²) in [5.41, 5.74) is 1.22. The van der Waals surface area contributed by atoms with Gasteiger partial charge in [-0.1, -0.05) is 30.3 Å². The van der Waals surface area contributed by atoms with Gasteiger partial charge in [0.15, 0.2) is 5.79 Å². The van der Waals surface area contributed by atoms with Crippen LogP contribution in [0, 0.1) is 11.8 Å². The molecule has 0 N–H and O–H groups in total. The van der Waals surface area contributed by atoms with Crippen LogP contribution in [0.1, 0.15) is 25.3 Å². The molecule has 0 bridgehead atoms. The number of fused-ring (bicyclic) bond motifs is 1. The Balaban J connectivity index is 1.55. The largest absolute Gasteiger partial charge is 0.459 e. The number of hydrogen-bond donors (Lipinski definition) is 0. The lowest BCUT2D eigenvalue weighted by molar-refractivity contribution is -0.166. The molecule has 4 rings (SSSR count). The lowest BCUT2D eigenvalue weighted by Crippen LogP contribution is -2.34. The van der Waals surface area contributed by atoms with Crippen molar-refractivity contribution in [3.8, 4) is 0 Å². The fourth-order valence-corrected chi connectivity index (χ4v) is 3.64. The van der Waals surface area contributed by atoms with Crippen molar-refractivity contribution in [1.82, 2.24) is 0 Å². The molecule has 4 nitrogen and oxygen atoms in total. The molecule has 1 saturated carbocycles. The zero-order valence-corrected chi connectivity index (χ0v) is 11.6. The molecule has 0 radical (unpaired) electrons. The second-order valence-electron chi connectivity index (χ2n) is 6.31. The lowest BCUT2D eigenvalue weighted by atomic mass is 10.0. The molecule has 1 aromatic carbocycles. The van der Waals surface area contributed by atoms with E-state index in [-0.39, 0.29) is 35.9 Å². The van der Waals surface area contributed by atoms with Gasteiger partial charge in [0.05, 0.1) is 12.5 Å². The summed E-state index contributed by atoms with van der Waals surface area (Å²) in [6.07, 6.45) is -0.308. The highest BCUT2D eigenvalue weighted by Crippen LogP contribution is 2.62. The van der Waals surface area contributed by atoms with Crippen LogP contribution in [0.5, 0.6) is 0 Å². The average molecular weight is 274 g/mol. The van der Waals surface area contributed by atoms with Crippen LogP contribution in [0.25, 0.3) is 0 Å². The van der Waals surface area contributed by atoms with Crippen molar-refractivity contribution in [1.29, 1.82) is 0 Å². The van der Waals surface area contributed by atoms with Crippen molar-refractivity contribution < 1.29 is 19.0 Å². The number of cyclic esters (lactones) is 1. The maximum absolute atomic E-state index is 12.0. The van der Waals surface area contributed by atoms with Gasteiger partial charge in [0.2, 0.25) is 0 Å². The molecule has 106 valence electrons. The van der Waals surface area contributed by atoms with Crippen molar-refractivity contribution in [2.24, 2.45) is 11.8 Å². The van der Waals surface area contributed by atoms with Crippen molar-refractivity contribution in [3.63, 3.8) is 0 Å². The quantitative estimate of drug-likeness (QED) is 0.775. The summed E-state index contributed by atoms with van der Waals surface area (Å²) < 4.78 is 17.0. The predicted octanol–water partition coefficient (Wildman–Crippen LogP) is 2.09. The Morgan fingerprint density at radius 3 is 2.55 bits per heavy atom. The summed E-state index contributed by atoms with van der Waals surface area (Å²) in [7, 11) is 0. The highest BCUT2D eigenvalue weighted by Gasteiger charge is 2.68. The van der Waals surface area contributed by atoms with Crippen LogP contribution in [-0.4, -0.2) is 30.6 Å². The molecule has 0 unspecified atom stereocenters. The van der Waals surface area contributed by atoms with E-state index in [1.165, 1.54) is 5.56 Å². The number of esters is 1. The van der Waals surface area contributed by atoms with Gasteiger partial charge < -0.3 is 14.2 Å². The van der Waals surface area contributed by atoms with Crippen LogP contribution in [0.3, 0.4) is 0 Å². The second-order valence-corrected chi connectivity index (χ2v) is 6.31. The van der Waals surface area contributed by atoms with E-state index in [1.807, 2.05) is 32.0 Å².